The van der Waals surface area contributed by atoms with Crippen LogP contribution in [0.4, 0.5) is 4.39 Å². The fourth-order valence-electron chi connectivity index (χ4n) is 1.46. The van der Waals surface area contributed by atoms with E-state index in [1.807, 2.05) is 4.83 Å². The van der Waals surface area contributed by atoms with Crippen LogP contribution in [0.25, 0.3) is 0 Å². The van der Waals surface area contributed by atoms with Gasteiger partial charge < -0.3 is 5.11 Å². The van der Waals surface area contributed by atoms with E-state index >= 15 is 0 Å². The minimum Gasteiger partial charge on any atom is -0.507 e. The van der Waals surface area contributed by atoms with Crippen molar-refractivity contribution in [3.63, 3.8) is 0 Å². The number of phenolic OH excluding ortho intramolecular Hbond substituents is 1. The number of phenols is 1. The molecule has 0 saturated carbocycles. The molecular weight excluding hydrogens is 363 g/mol. The smallest absolute Gasteiger partial charge is 0.276 e. The van der Waals surface area contributed by atoms with Gasteiger partial charge in [0, 0.05) is 10.0 Å². The molecule has 8 heteroatoms. The zero-order chi connectivity index (χ0) is 15.5. The highest BCUT2D eigenvalue weighted by molar-refractivity contribution is 9.10. The Morgan fingerprint density at radius 1 is 1.19 bits per heavy atom. The van der Waals surface area contributed by atoms with E-state index in [9.17, 15) is 17.9 Å². The van der Waals surface area contributed by atoms with Crippen molar-refractivity contribution >= 4 is 32.2 Å². The Labute approximate surface area is 129 Å². The summed E-state index contributed by atoms with van der Waals surface area (Å²) in [6, 6.07) is 8.99. The van der Waals surface area contributed by atoms with Gasteiger partial charge in [0.25, 0.3) is 10.0 Å². The third-order valence-corrected chi connectivity index (χ3v) is 4.22. The van der Waals surface area contributed by atoms with E-state index in [0.29, 0.717) is 10.0 Å². The van der Waals surface area contributed by atoms with Crippen molar-refractivity contribution < 1.29 is 17.9 Å². The highest BCUT2D eigenvalue weighted by Crippen LogP contribution is 2.20. The van der Waals surface area contributed by atoms with Crippen LogP contribution in [0.2, 0.25) is 0 Å². The minimum atomic E-state index is -3.88. The number of hydrazone groups is 1. The summed E-state index contributed by atoms with van der Waals surface area (Å²) in [6.07, 6.45) is 1.17. The van der Waals surface area contributed by atoms with Crippen LogP contribution in [0.5, 0.6) is 5.75 Å². The molecule has 0 unspecified atom stereocenters. The first-order valence-electron chi connectivity index (χ1n) is 5.67. The molecule has 0 bridgehead atoms. The van der Waals surface area contributed by atoms with Gasteiger partial charge in [0.15, 0.2) is 0 Å². The highest BCUT2D eigenvalue weighted by Gasteiger charge is 2.12. The summed E-state index contributed by atoms with van der Waals surface area (Å²) < 4.78 is 37.2. The molecule has 21 heavy (non-hydrogen) atoms. The van der Waals surface area contributed by atoms with Gasteiger partial charge >= 0.3 is 0 Å². The number of rotatable bonds is 4. The van der Waals surface area contributed by atoms with Crippen molar-refractivity contribution in [2.75, 3.05) is 0 Å². The number of nitrogens with one attached hydrogen (secondary N) is 1. The van der Waals surface area contributed by atoms with Crippen molar-refractivity contribution in [1.29, 1.82) is 0 Å². The zero-order valence-electron chi connectivity index (χ0n) is 10.5. The molecule has 2 rings (SSSR count). The molecule has 0 aliphatic carbocycles. The summed E-state index contributed by atoms with van der Waals surface area (Å²) >= 11 is 3.22. The summed E-state index contributed by atoms with van der Waals surface area (Å²) in [5, 5.41) is 13.2. The van der Waals surface area contributed by atoms with Gasteiger partial charge in [0.2, 0.25) is 0 Å². The van der Waals surface area contributed by atoms with Crippen LogP contribution in [0, 0.1) is 5.82 Å². The fraction of sp³-hybridized carbons (Fsp3) is 0. The summed E-state index contributed by atoms with van der Waals surface area (Å²) in [7, 11) is -3.88. The van der Waals surface area contributed by atoms with E-state index in [4.69, 9.17) is 0 Å². The van der Waals surface area contributed by atoms with E-state index < -0.39 is 15.8 Å². The van der Waals surface area contributed by atoms with Gasteiger partial charge in [0.05, 0.1) is 11.1 Å². The number of nitrogens with zero attached hydrogens (tertiary/aromatic N) is 1. The predicted molar refractivity (Wildman–Crippen MR) is 80.1 cm³/mol. The van der Waals surface area contributed by atoms with Crippen LogP contribution in [0.3, 0.4) is 0 Å². The first kappa shape index (κ1) is 15.5. The summed E-state index contributed by atoms with van der Waals surface area (Å²) in [5.74, 6) is -0.570. The third-order valence-electron chi connectivity index (χ3n) is 2.49. The van der Waals surface area contributed by atoms with Crippen LogP contribution in [-0.2, 0) is 10.0 Å². The Morgan fingerprint density at radius 2 is 1.86 bits per heavy atom. The molecule has 2 aromatic rings. The first-order valence-corrected chi connectivity index (χ1v) is 7.95. The van der Waals surface area contributed by atoms with Gasteiger partial charge in [-0.2, -0.15) is 13.5 Å². The second-order valence-electron chi connectivity index (χ2n) is 4.01. The van der Waals surface area contributed by atoms with Gasteiger partial charge in [-0.25, -0.2) is 9.22 Å². The number of benzene rings is 2. The Bertz CT molecular complexity index is 777. The highest BCUT2D eigenvalue weighted by atomic mass is 79.9. The number of aromatic hydroxyl groups is 1. The molecule has 0 aliphatic heterocycles. The quantitative estimate of drug-likeness (QED) is 0.639. The Kier molecular flexibility index (Phi) is 4.59. The number of hydrogen-bond acceptors (Lipinski definition) is 4. The lowest BCUT2D eigenvalue weighted by molar-refractivity contribution is 0.474. The molecule has 0 fully saturated rings. The van der Waals surface area contributed by atoms with E-state index in [0.717, 1.165) is 24.3 Å². The molecule has 5 nitrogen and oxygen atoms in total. The monoisotopic (exact) mass is 372 g/mol. The number of halogens is 2. The minimum absolute atomic E-state index is 0.0390. The SMILES string of the molecule is O=S(=O)(N/N=C/c1cc(Br)ccc1O)c1ccc(F)cc1. The number of hydrogen-bond donors (Lipinski definition) is 2. The average Bonchev–Trinajstić information content (AvgIpc) is 2.43. The van der Waals surface area contributed by atoms with E-state index in [1.54, 1.807) is 12.1 Å². The topological polar surface area (TPSA) is 78.8 Å². The Hall–Kier alpha value is -1.93. The second kappa shape index (κ2) is 6.23. The summed E-state index contributed by atoms with van der Waals surface area (Å²) in [6.45, 7) is 0. The molecule has 0 saturated heterocycles. The van der Waals surface area contributed by atoms with Crippen molar-refractivity contribution in [3.05, 3.63) is 58.3 Å². The number of sulfonamides is 1. The lowest BCUT2D eigenvalue weighted by Gasteiger charge is -2.03. The van der Waals surface area contributed by atoms with E-state index in [-0.39, 0.29) is 10.6 Å². The fourth-order valence-corrected chi connectivity index (χ4v) is 2.63. The van der Waals surface area contributed by atoms with Crippen LogP contribution < -0.4 is 4.83 Å². The maximum Gasteiger partial charge on any atom is 0.276 e. The predicted octanol–water partition coefficient (Wildman–Crippen LogP) is 2.61. The van der Waals surface area contributed by atoms with Crippen LogP contribution in [-0.4, -0.2) is 19.7 Å². The van der Waals surface area contributed by atoms with Crippen molar-refractivity contribution in [2.45, 2.75) is 4.90 Å². The standard InChI is InChI=1S/C13H10BrFN2O3S/c14-10-1-6-13(18)9(7-10)8-16-17-21(19,20)12-4-2-11(15)3-5-12/h1-8,17-18H/b16-8+. The summed E-state index contributed by atoms with van der Waals surface area (Å²) in [4.78, 5) is 1.87. The third kappa shape index (κ3) is 4.02. The molecule has 0 spiro atoms. The van der Waals surface area contributed by atoms with E-state index in [2.05, 4.69) is 21.0 Å². The molecule has 2 N–H and O–H groups in total. The van der Waals surface area contributed by atoms with Crippen molar-refractivity contribution in [2.24, 2.45) is 5.10 Å². The maximum absolute atomic E-state index is 12.8. The molecular formula is C13H10BrFN2O3S. The Balaban J connectivity index is 2.16. The van der Waals surface area contributed by atoms with Gasteiger partial charge in [0.1, 0.15) is 11.6 Å². The van der Waals surface area contributed by atoms with Crippen LogP contribution in [0.15, 0.2) is 56.9 Å². The largest absolute Gasteiger partial charge is 0.507 e. The Morgan fingerprint density at radius 3 is 2.52 bits per heavy atom. The van der Waals surface area contributed by atoms with Crippen LogP contribution >= 0.6 is 15.9 Å². The van der Waals surface area contributed by atoms with Crippen molar-refractivity contribution in [1.82, 2.24) is 4.83 Å². The molecule has 0 aromatic heterocycles. The molecule has 0 atom stereocenters. The maximum atomic E-state index is 12.8. The average molecular weight is 373 g/mol. The first-order chi connectivity index (χ1) is 9.88. The lowest BCUT2D eigenvalue weighted by Crippen LogP contribution is -2.18. The molecule has 2 aromatic carbocycles. The molecule has 0 heterocycles. The normalized spacial score (nSPS) is 11.7. The van der Waals surface area contributed by atoms with E-state index in [1.165, 1.54) is 12.3 Å². The lowest BCUT2D eigenvalue weighted by atomic mass is 10.2. The molecule has 110 valence electrons. The van der Waals surface area contributed by atoms with Gasteiger partial charge in [-0.05, 0) is 42.5 Å². The van der Waals surface area contributed by atoms with Gasteiger partial charge in [-0.1, -0.05) is 15.9 Å². The summed E-state index contributed by atoms with van der Waals surface area (Å²) in [5.41, 5.74) is 0.339. The zero-order valence-corrected chi connectivity index (χ0v) is 12.9. The van der Waals surface area contributed by atoms with Crippen LogP contribution in [0.1, 0.15) is 5.56 Å². The van der Waals surface area contributed by atoms with Crippen molar-refractivity contribution in [3.8, 4) is 5.75 Å². The molecule has 0 radical (unpaired) electrons. The second-order valence-corrected chi connectivity index (χ2v) is 6.59. The molecule has 0 amide bonds. The molecule has 0 aliphatic rings. The van der Waals surface area contributed by atoms with Gasteiger partial charge in [-0.3, -0.25) is 0 Å². The van der Waals surface area contributed by atoms with Gasteiger partial charge in [-0.15, -0.1) is 0 Å².